The van der Waals surface area contributed by atoms with Crippen molar-refractivity contribution in [2.24, 2.45) is 4.99 Å². The maximum absolute atomic E-state index is 6.59. The number of fused-ring (bicyclic) bond motifs is 6. The van der Waals surface area contributed by atoms with Crippen LogP contribution in [-0.4, -0.2) is 28.5 Å². The molecule has 220 valence electrons. The number of hydrogen-bond acceptors (Lipinski definition) is 5. The highest BCUT2D eigenvalue weighted by Gasteiger charge is 2.34. The van der Waals surface area contributed by atoms with Crippen molar-refractivity contribution in [2.45, 2.75) is 20.0 Å². The molecule has 1 unspecified atom stereocenters. The molecule has 0 amide bonds. The van der Waals surface area contributed by atoms with E-state index in [-0.39, 0.29) is 6.17 Å². The molecular weight excluding hydrogens is 554 g/mol. The lowest BCUT2D eigenvalue weighted by Crippen LogP contribution is -2.27. The van der Waals surface area contributed by atoms with Gasteiger partial charge in [0.15, 0.2) is 6.17 Å². The van der Waals surface area contributed by atoms with Crippen LogP contribution in [0.4, 0.5) is 22.7 Å². The van der Waals surface area contributed by atoms with Gasteiger partial charge in [0, 0.05) is 47.5 Å². The summed E-state index contributed by atoms with van der Waals surface area (Å²) >= 11 is 0. The van der Waals surface area contributed by atoms with Gasteiger partial charge in [0.25, 0.3) is 0 Å². The Labute approximate surface area is 263 Å². The summed E-state index contributed by atoms with van der Waals surface area (Å²) in [6.07, 6.45) is 1.83. The number of para-hydroxylation sites is 4. The molecule has 0 bridgehead atoms. The zero-order valence-electron chi connectivity index (χ0n) is 25.3. The fourth-order valence-corrected chi connectivity index (χ4v) is 6.42. The average Bonchev–Trinajstić information content (AvgIpc) is 3.49. The second-order valence-electron chi connectivity index (χ2n) is 11.3. The van der Waals surface area contributed by atoms with Crippen molar-refractivity contribution in [1.82, 2.24) is 9.55 Å². The minimum atomic E-state index is -0.331. The van der Waals surface area contributed by atoms with Crippen LogP contribution >= 0.6 is 0 Å². The third-order valence-corrected chi connectivity index (χ3v) is 8.66. The fraction of sp³-hybridized carbons (Fsp3) is 0.128. The van der Waals surface area contributed by atoms with E-state index in [2.05, 4.69) is 143 Å². The zero-order chi connectivity index (χ0) is 30.3. The summed E-state index contributed by atoms with van der Waals surface area (Å²) in [5, 5.41) is 0. The first-order chi connectivity index (χ1) is 22.2. The smallest absolute Gasteiger partial charge is 0.228 e. The lowest BCUT2D eigenvalue weighted by molar-refractivity contribution is 0.516. The molecule has 0 radical (unpaired) electrons. The molecule has 0 fully saturated rings. The van der Waals surface area contributed by atoms with Gasteiger partial charge in [-0.3, -0.25) is 4.57 Å². The van der Waals surface area contributed by atoms with Crippen LogP contribution in [-0.2, 0) is 0 Å². The molecular formula is C39H33N5O. The van der Waals surface area contributed by atoms with Gasteiger partial charge >= 0.3 is 0 Å². The maximum atomic E-state index is 6.59. The van der Waals surface area contributed by atoms with Crippen LogP contribution in [0.1, 0.15) is 37.0 Å². The van der Waals surface area contributed by atoms with Gasteiger partial charge in [-0.25, -0.2) is 9.98 Å². The van der Waals surface area contributed by atoms with E-state index in [1.807, 2.05) is 18.2 Å². The monoisotopic (exact) mass is 587 g/mol. The van der Waals surface area contributed by atoms with Gasteiger partial charge in [-0.1, -0.05) is 60.7 Å². The minimum Gasteiger partial charge on any atom is -0.438 e. The van der Waals surface area contributed by atoms with Crippen LogP contribution in [0.15, 0.2) is 132 Å². The number of hydrogen-bond donors (Lipinski definition) is 0. The average molecular weight is 588 g/mol. The molecule has 2 aliphatic heterocycles. The molecule has 6 aromatic rings. The van der Waals surface area contributed by atoms with Gasteiger partial charge in [-0.15, -0.1) is 0 Å². The Morgan fingerprint density at radius 3 is 2.00 bits per heavy atom. The lowest BCUT2D eigenvalue weighted by Gasteiger charge is -2.30. The highest BCUT2D eigenvalue weighted by Crippen LogP contribution is 2.42. The Morgan fingerprint density at radius 2 is 1.31 bits per heavy atom. The normalized spacial score (nSPS) is 14.8. The molecule has 1 atom stereocenters. The molecule has 6 nitrogen and oxygen atoms in total. The predicted molar refractivity (Wildman–Crippen MR) is 185 cm³/mol. The molecule has 45 heavy (non-hydrogen) atoms. The Bertz CT molecular complexity index is 2020. The molecule has 8 rings (SSSR count). The minimum absolute atomic E-state index is 0.331. The van der Waals surface area contributed by atoms with Crippen LogP contribution < -0.4 is 14.5 Å². The molecule has 2 aliphatic rings. The van der Waals surface area contributed by atoms with Gasteiger partial charge in [0.1, 0.15) is 11.6 Å². The van der Waals surface area contributed by atoms with Crippen molar-refractivity contribution < 1.29 is 4.74 Å². The van der Waals surface area contributed by atoms with Crippen molar-refractivity contribution in [3.8, 4) is 5.75 Å². The predicted octanol–water partition coefficient (Wildman–Crippen LogP) is 9.24. The summed E-state index contributed by atoms with van der Waals surface area (Å²) < 4.78 is 8.83. The van der Waals surface area contributed by atoms with E-state index in [1.165, 1.54) is 0 Å². The van der Waals surface area contributed by atoms with E-state index in [1.54, 1.807) is 0 Å². The topological polar surface area (TPSA) is 45.9 Å². The van der Waals surface area contributed by atoms with Crippen LogP contribution in [0.25, 0.3) is 22.7 Å². The molecule has 3 heterocycles. The third kappa shape index (κ3) is 4.66. The summed E-state index contributed by atoms with van der Waals surface area (Å²) in [6.45, 7) is 6.22. The first-order valence-corrected chi connectivity index (χ1v) is 15.6. The van der Waals surface area contributed by atoms with Crippen molar-refractivity contribution in [3.05, 3.63) is 144 Å². The van der Waals surface area contributed by atoms with E-state index in [0.717, 1.165) is 75.1 Å². The van der Waals surface area contributed by atoms with Crippen molar-refractivity contribution in [2.75, 3.05) is 22.9 Å². The third-order valence-electron chi connectivity index (χ3n) is 8.66. The zero-order valence-corrected chi connectivity index (χ0v) is 25.3. The molecule has 0 saturated carbocycles. The van der Waals surface area contributed by atoms with Crippen LogP contribution in [0, 0.1) is 0 Å². The number of ether oxygens (including phenoxy) is 1. The first-order valence-electron chi connectivity index (χ1n) is 15.6. The molecule has 5 aromatic carbocycles. The number of rotatable bonds is 7. The molecule has 0 aliphatic carbocycles. The van der Waals surface area contributed by atoms with Gasteiger partial charge in [-0.2, -0.15) is 0 Å². The Hall–Kier alpha value is -5.62. The van der Waals surface area contributed by atoms with Crippen molar-refractivity contribution in [3.63, 3.8) is 0 Å². The van der Waals surface area contributed by atoms with Gasteiger partial charge in [0.2, 0.25) is 5.90 Å². The summed E-state index contributed by atoms with van der Waals surface area (Å²) in [6, 6.07) is 44.3. The van der Waals surface area contributed by atoms with E-state index >= 15 is 0 Å². The highest BCUT2D eigenvalue weighted by molar-refractivity contribution is 6.27. The van der Waals surface area contributed by atoms with Gasteiger partial charge in [0.05, 0.1) is 16.6 Å². The summed E-state index contributed by atoms with van der Waals surface area (Å²) in [5.41, 5.74) is 9.40. The number of imidazole rings is 1. The quantitative estimate of drug-likeness (QED) is 0.187. The molecule has 1 aromatic heterocycles. The summed E-state index contributed by atoms with van der Waals surface area (Å²) in [4.78, 5) is 15.0. The SMILES string of the molecule is CCN(CC)c1ccc2c(c1)OC1=NC(c3ccc(N(c4ccccc4)c4ccccc4)cc3)n3c(nc4ccccc43)C1=C2. The number of nitrogens with zero attached hydrogens (tertiary/aromatic N) is 5. The molecule has 0 spiro atoms. The van der Waals surface area contributed by atoms with Crippen molar-refractivity contribution >= 4 is 51.3 Å². The number of benzene rings is 5. The first kappa shape index (κ1) is 27.0. The van der Waals surface area contributed by atoms with E-state index in [4.69, 9.17) is 14.7 Å². The van der Waals surface area contributed by atoms with Crippen LogP contribution in [0.5, 0.6) is 5.75 Å². The highest BCUT2D eigenvalue weighted by atomic mass is 16.5. The Balaban J connectivity index is 1.23. The second-order valence-corrected chi connectivity index (χ2v) is 11.3. The van der Waals surface area contributed by atoms with E-state index < -0.39 is 0 Å². The van der Waals surface area contributed by atoms with Gasteiger partial charge in [-0.05, 0) is 86.2 Å². The number of aromatic nitrogens is 2. The van der Waals surface area contributed by atoms with Crippen LogP contribution in [0.3, 0.4) is 0 Å². The second kappa shape index (κ2) is 11.1. The van der Waals surface area contributed by atoms with E-state index in [9.17, 15) is 0 Å². The largest absolute Gasteiger partial charge is 0.438 e. The van der Waals surface area contributed by atoms with Crippen molar-refractivity contribution in [1.29, 1.82) is 0 Å². The fourth-order valence-electron chi connectivity index (χ4n) is 6.42. The Morgan fingerprint density at radius 1 is 0.689 bits per heavy atom. The number of aliphatic imine (C=N–C) groups is 1. The molecule has 0 saturated heterocycles. The molecule has 0 N–H and O–H groups in total. The number of anilines is 4. The summed E-state index contributed by atoms with van der Waals surface area (Å²) in [7, 11) is 0. The summed E-state index contributed by atoms with van der Waals surface area (Å²) in [5.74, 6) is 2.29. The lowest BCUT2D eigenvalue weighted by atomic mass is 10.0. The molecule has 6 heteroatoms. The maximum Gasteiger partial charge on any atom is 0.228 e. The Kier molecular flexibility index (Phi) is 6.68. The standard InChI is InChI=1S/C39H33N5O/c1-3-42(4-2)32-24-21-28-25-33-38-40-34-17-11-12-18-35(34)44(38)37(41-39(33)45-36(28)26-32)27-19-22-31(23-20-27)43(29-13-7-5-8-14-29)30-15-9-6-10-16-30/h5-26,37H,3-4H2,1-2H3. The van der Waals surface area contributed by atoms with E-state index in [0.29, 0.717) is 5.90 Å². The van der Waals surface area contributed by atoms with Crippen LogP contribution in [0.2, 0.25) is 0 Å². The van der Waals surface area contributed by atoms with Gasteiger partial charge < -0.3 is 14.5 Å².